The van der Waals surface area contributed by atoms with Gasteiger partial charge in [0, 0.05) is 13.7 Å². The molecule has 0 fully saturated rings. The Hall–Kier alpha value is -0.120. The fourth-order valence-electron chi connectivity index (χ4n) is 0.417. The van der Waals surface area contributed by atoms with Crippen molar-refractivity contribution in [2.75, 3.05) is 20.3 Å². The SMILES string of the molecule is [CH2]COC(OC)OCC. The maximum Gasteiger partial charge on any atom is 0.271 e. The van der Waals surface area contributed by atoms with Crippen LogP contribution in [0.15, 0.2) is 0 Å². The monoisotopic (exact) mass is 133 g/mol. The van der Waals surface area contributed by atoms with Gasteiger partial charge in [0.1, 0.15) is 0 Å². The van der Waals surface area contributed by atoms with Crippen LogP contribution >= 0.6 is 0 Å². The average Bonchev–Trinajstić information content (AvgIpc) is 1.88. The zero-order valence-corrected chi connectivity index (χ0v) is 5.92. The minimum Gasteiger partial charge on any atom is -0.333 e. The third kappa shape index (κ3) is 4.39. The number of methoxy groups -OCH3 is 1. The molecule has 0 N–H and O–H groups in total. The van der Waals surface area contributed by atoms with E-state index in [1.54, 1.807) is 0 Å². The van der Waals surface area contributed by atoms with Crippen LogP contribution in [-0.2, 0) is 14.2 Å². The molecule has 1 unspecified atom stereocenters. The van der Waals surface area contributed by atoms with Crippen molar-refractivity contribution < 1.29 is 14.2 Å². The first-order valence-electron chi connectivity index (χ1n) is 2.90. The molecule has 9 heavy (non-hydrogen) atoms. The topological polar surface area (TPSA) is 27.7 Å². The van der Waals surface area contributed by atoms with Crippen molar-refractivity contribution in [3.8, 4) is 0 Å². The van der Waals surface area contributed by atoms with Crippen LogP contribution < -0.4 is 0 Å². The largest absolute Gasteiger partial charge is 0.333 e. The zero-order chi connectivity index (χ0) is 7.11. The lowest BCUT2D eigenvalue weighted by Gasteiger charge is -2.13. The minimum atomic E-state index is -0.549. The molecule has 3 nitrogen and oxygen atoms in total. The van der Waals surface area contributed by atoms with E-state index in [4.69, 9.17) is 14.2 Å². The first-order chi connectivity index (χ1) is 4.35. The summed E-state index contributed by atoms with van der Waals surface area (Å²) in [5.74, 6) is 0. The van der Waals surface area contributed by atoms with E-state index in [-0.39, 0.29) is 0 Å². The van der Waals surface area contributed by atoms with Gasteiger partial charge in [0.2, 0.25) is 0 Å². The molecule has 0 aromatic carbocycles. The molecule has 0 heterocycles. The van der Waals surface area contributed by atoms with E-state index in [0.29, 0.717) is 13.2 Å². The van der Waals surface area contributed by atoms with Crippen molar-refractivity contribution >= 4 is 0 Å². The van der Waals surface area contributed by atoms with E-state index in [0.717, 1.165) is 0 Å². The number of hydrogen-bond donors (Lipinski definition) is 0. The minimum absolute atomic E-state index is 0.360. The molecule has 0 saturated heterocycles. The first-order valence-corrected chi connectivity index (χ1v) is 2.90. The molecule has 3 heteroatoms. The highest BCUT2D eigenvalue weighted by Crippen LogP contribution is 1.93. The number of rotatable bonds is 5. The second kappa shape index (κ2) is 6.01. The summed E-state index contributed by atoms with van der Waals surface area (Å²) in [7, 11) is 1.52. The summed E-state index contributed by atoms with van der Waals surface area (Å²) >= 11 is 0. The number of ether oxygens (including phenoxy) is 3. The van der Waals surface area contributed by atoms with Gasteiger partial charge in [-0.3, -0.25) is 0 Å². The van der Waals surface area contributed by atoms with Gasteiger partial charge in [-0.15, -0.1) is 0 Å². The van der Waals surface area contributed by atoms with Gasteiger partial charge in [0.05, 0.1) is 6.61 Å². The summed E-state index contributed by atoms with van der Waals surface area (Å²) in [4.78, 5) is 0. The molecule has 0 spiro atoms. The summed E-state index contributed by atoms with van der Waals surface area (Å²) in [5, 5.41) is 0. The lowest BCUT2D eigenvalue weighted by Crippen LogP contribution is -2.18. The molecule has 0 rings (SSSR count). The van der Waals surface area contributed by atoms with Crippen molar-refractivity contribution in [3.63, 3.8) is 0 Å². The Labute approximate surface area is 55.9 Å². The van der Waals surface area contributed by atoms with Crippen LogP contribution in [0.3, 0.4) is 0 Å². The highest BCUT2D eigenvalue weighted by atomic mass is 16.8. The van der Waals surface area contributed by atoms with Gasteiger partial charge < -0.3 is 14.2 Å². The van der Waals surface area contributed by atoms with Crippen LogP contribution in [-0.4, -0.2) is 26.8 Å². The highest BCUT2D eigenvalue weighted by Gasteiger charge is 2.02. The third-order valence-electron chi connectivity index (χ3n) is 0.749. The fourth-order valence-corrected chi connectivity index (χ4v) is 0.417. The van der Waals surface area contributed by atoms with E-state index in [1.165, 1.54) is 7.11 Å². The standard InChI is InChI=1S/C6H13O3/c1-4-8-6(7-3)9-5-2/h6H,1,4-5H2,2-3H3. The first kappa shape index (κ1) is 8.88. The molecule has 0 aromatic rings. The Balaban J connectivity index is 3.18. The smallest absolute Gasteiger partial charge is 0.271 e. The van der Waals surface area contributed by atoms with Crippen LogP contribution in [0, 0.1) is 6.92 Å². The van der Waals surface area contributed by atoms with Crippen LogP contribution in [0.5, 0.6) is 0 Å². The van der Waals surface area contributed by atoms with E-state index >= 15 is 0 Å². The fraction of sp³-hybridized carbons (Fsp3) is 0.833. The van der Waals surface area contributed by atoms with Crippen LogP contribution in [0.25, 0.3) is 0 Å². The van der Waals surface area contributed by atoms with Gasteiger partial charge in [0.25, 0.3) is 6.48 Å². The molecule has 55 valence electrons. The summed E-state index contributed by atoms with van der Waals surface area (Å²) in [6.45, 7) is 5.74. The molecule has 0 bridgehead atoms. The van der Waals surface area contributed by atoms with E-state index in [2.05, 4.69) is 6.92 Å². The summed E-state index contributed by atoms with van der Waals surface area (Å²) < 4.78 is 14.6. The van der Waals surface area contributed by atoms with Gasteiger partial charge in [-0.05, 0) is 13.8 Å². The summed E-state index contributed by atoms with van der Waals surface area (Å²) in [5.41, 5.74) is 0. The van der Waals surface area contributed by atoms with Crippen molar-refractivity contribution in [2.45, 2.75) is 13.4 Å². The molecular weight excluding hydrogens is 120 g/mol. The zero-order valence-electron chi connectivity index (χ0n) is 5.92. The van der Waals surface area contributed by atoms with Crippen molar-refractivity contribution in [1.29, 1.82) is 0 Å². The Morgan fingerprint density at radius 2 is 2.11 bits per heavy atom. The highest BCUT2D eigenvalue weighted by molar-refractivity contribution is 4.29. The predicted molar refractivity (Wildman–Crippen MR) is 33.7 cm³/mol. The van der Waals surface area contributed by atoms with Gasteiger partial charge in [-0.25, -0.2) is 0 Å². The third-order valence-corrected chi connectivity index (χ3v) is 0.749. The molecule has 0 aromatic heterocycles. The summed E-state index contributed by atoms with van der Waals surface area (Å²) in [6, 6.07) is 0. The molecule has 1 atom stereocenters. The van der Waals surface area contributed by atoms with E-state index < -0.39 is 6.48 Å². The van der Waals surface area contributed by atoms with Crippen molar-refractivity contribution in [3.05, 3.63) is 6.92 Å². The van der Waals surface area contributed by atoms with Crippen molar-refractivity contribution in [2.24, 2.45) is 0 Å². The van der Waals surface area contributed by atoms with E-state index in [1.807, 2.05) is 6.92 Å². The lowest BCUT2D eigenvalue weighted by molar-refractivity contribution is -0.270. The predicted octanol–water partition coefficient (Wildman–Crippen LogP) is 0.804. The Kier molecular flexibility index (Phi) is 5.93. The van der Waals surface area contributed by atoms with Crippen LogP contribution in [0.4, 0.5) is 0 Å². The molecule has 0 aliphatic rings. The lowest BCUT2D eigenvalue weighted by atomic mass is 10.8. The molecule has 0 aliphatic carbocycles. The van der Waals surface area contributed by atoms with Crippen LogP contribution in [0.1, 0.15) is 6.92 Å². The Morgan fingerprint density at radius 3 is 2.44 bits per heavy atom. The molecule has 1 radical (unpaired) electrons. The number of hydrogen-bond acceptors (Lipinski definition) is 3. The summed E-state index contributed by atoms with van der Waals surface area (Å²) in [6.07, 6.45) is 0. The van der Waals surface area contributed by atoms with Gasteiger partial charge in [0.15, 0.2) is 0 Å². The van der Waals surface area contributed by atoms with Crippen molar-refractivity contribution in [1.82, 2.24) is 0 Å². The molecular formula is C6H13O3. The Bertz CT molecular complexity index is 50.3. The van der Waals surface area contributed by atoms with Crippen LogP contribution in [0.2, 0.25) is 0 Å². The molecule has 0 saturated carbocycles. The van der Waals surface area contributed by atoms with Gasteiger partial charge in [-0.2, -0.15) is 0 Å². The second-order valence-electron chi connectivity index (χ2n) is 1.35. The normalized spacial score (nSPS) is 10.7. The maximum absolute atomic E-state index is 4.95. The molecule has 0 aliphatic heterocycles. The average molecular weight is 133 g/mol. The molecule has 0 amide bonds. The second-order valence-corrected chi connectivity index (χ2v) is 1.35. The quantitative estimate of drug-likeness (QED) is 0.519. The maximum atomic E-state index is 4.95. The van der Waals surface area contributed by atoms with Gasteiger partial charge in [-0.1, -0.05) is 0 Å². The Morgan fingerprint density at radius 1 is 1.44 bits per heavy atom. The van der Waals surface area contributed by atoms with Gasteiger partial charge >= 0.3 is 0 Å². The van der Waals surface area contributed by atoms with E-state index in [9.17, 15) is 0 Å².